The Morgan fingerprint density at radius 3 is 2.67 bits per heavy atom. The second kappa shape index (κ2) is 5.61. The Morgan fingerprint density at radius 1 is 1.05 bits per heavy atom. The molecule has 0 aromatic heterocycles. The van der Waals surface area contributed by atoms with Gasteiger partial charge >= 0.3 is 0 Å². The molecule has 110 valence electrons. The quantitative estimate of drug-likeness (QED) is 0.788. The third-order valence-corrected chi connectivity index (χ3v) is 4.88. The molecule has 1 aliphatic heterocycles. The number of rotatable bonds is 5. The number of aliphatic hydroxyl groups is 1. The van der Waals surface area contributed by atoms with Crippen molar-refractivity contribution < 1.29 is 5.11 Å². The molecular weight excluding hydrogens is 258 g/mol. The van der Waals surface area contributed by atoms with Crippen molar-refractivity contribution in [2.24, 2.45) is 4.99 Å². The highest BCUT2D eigenvalue weighted by molar-refractivity contribution is 6.06. The highest BCUT2D eigenvalue weighted by atomic mass is 16.2. The Kier molecular flexibility index (Phi) is 3.81. The van der Waals surface area contributed by atoms with E-state index in [1.807, 2.05) is 0 Å². The first kappa shape index (κ1) is 14.3. The molecule has 1 N–H and O–H groups in total. The van der Waals surface area contributed by atoms with Gasteiger partial charge in [0.1, 0.15) is 0 Å². The van der Waals surface area contributed by atoms with Gasteiger partial charge in [-0.3, -0.25) is 4.99 Å². The van der Waals surface area contributed by atoms with Crippen LogP contribution in [0.25, 0.3) is 10.8 Å². The lowest BCUT2D eigenvalue weighted by atomic mass is 9.74. The molecule has 0 spiro atoms. The average Bonchev–Trinajstić information content (AvgIpc) is 2.76. The van der Waals surface area contributed by atoms with Crippen LogP contribution in [-0.2, 0) is 5.41 Å². The van der Waals surface area contributed by atoms with Gasteiger partial charge in [-0.25, -0.2) is 0 Å². The first-order valence-corrected chi connectivity index (χ1v) is 7.86. The average molecular weight is 281 g/mol. The monoisotopic (exact) mass is 281 g/mol. The molecule has 2 aromatic carbocycles. The fourth-order valence-electron chi connectivity index (χ4n) is 3.49. The van der Waals surface area contributed by atoms with E-state index in [1.54, 1.807) is 0 Å². The van der Waals surface area contributed by atoms with Crippen LogP contribution in [0.2, 0.25) is 0 Å². The predicted molar refractivity (Wildman–Crippen MR) is 89.6 cm³/mol. The maximum absolute atomic E-state index is 8.95. The highest BCUT2D eigenvalue weighted by Gasteiger charge is 2.37. The van der Waals surface area contributed by atoms with Crippen LogP contribution in [0.3, 0.4) is 0 Å². The molecule has 3 rings (SSSR count). The molecule has 0 saturated carbocycles. The summed E-state index contributed by atoms with van der Waals surface area (Å²) in [5.41, 5.74) is 3.78. The molecule has 0 aliphatic carbocycles. The second-order valence-electron chi connectivity index (χ2n) is 6.24. The van der Waals surface area contributed by atoms with Crippen LogP contribution in [0.5, 0.6) is 0 Å². The SMILES string of the molecule is CC1=Nc2ccc3ccccc3c2C1(C)CCCCCO. The Bertz CT molecular complexity index is 689. The zero-order chi connectivity index (χ0) is 14.9. The number of aliphatic hydroxyl groups excluding tert-OH is 1. The van der Waals surface area contributed by atoms with Gasteiger partial charge < -0.3 is 5.11 Å². The molecule has 0 amide bonds. The number of hydrogen-bond acceptors (Lipinski definition) is 2. The summed E-state index contributed by atoms with van der Waals surface area (Å²) in [6.45, 7) is 4.77. The summed E-state index contributed by atoms with van der Waals surface area (Å²) in [7, 11) is 0. The zero-order valence-corrected chi connectivity index (χ0v) is 12.9. The molecule has 0 saturated heterocycles. The van der Waals surface area contributed by atoms with Crippen LogP contribution >= 0.6 is 0 Å². The molecule has 21 heavy (non-hydrogen) atoms. The minimum absolute atomic E-state index is 0.0334. The molecule has 2 heteroatoms. The van der Waals surface area contributed by atoms with Crippen LogP contribution in [0.15, 0.2) is 41.4 Å². The van der Waals surface area contributed by atoms with E-state index < -0.39 is 0 Å². The van der Waals surface area contributed by atoms with Crippen molar-refractivity contribution in [3.8, 4) is 0 Å². The van der Waals surface area contributed by atoms with Crippen molar-refractivity contribution in [3.63, 3.8) is 0 Å². The summed E-state index contributed by atoms with van der Waals surface area (Å²) in [6.07, 6.45) is 4.21. The summed E-state index contributed by atoms with van der Waals surface area (Å²) < 4.78 is 0. The van der Waals surface area contributed by atoms with E-state index in [9.17, 15) is 0 Å². The maximum Gasteiger partial charge on any atom is 0.0677 e. The fourth-order valence-corrected chi connectivity index (χ4v) is 3.49. The Morgan fingerprint density at radius 2 is 1.86 bits per heavy atom. The van der Waals surface area contributed by atoms with E-state index in [1.165, 1.54) is 22.0 Å². The van der Waals surface area contributed by atoms with E-state index in [2.05, 4.69) is 50.2 Å². The lowest BCUT2D eigenvalue weighted by molar-refractivity contribution is 0.281. The number of nitrogens with zero attached hydrogens (tertiary/aromatic N) is 1. The van der Waals surface area contributed by atoms with Crippen molar-refractivity contribution >= 4 is 22.2 Å². The third kappa shape index (κ3) is 2.38. The second-order valence-corrected chi connectivity index (χ2v) is 6.24. The van der Waals surface area contributed by atoms with Gasteiger partial charge in [0, 0.05) is 17.7 Å². The van der Waals surface area contributed by atoms with Gasteiger partial charge in [-0.15, -0.1) is 0 Å². The summed E-state index contributed by atoms with van der Waals surface area (Å²) in [5.74, 6) is 0. The van der Waals surface area contributed by atoms with Crippen molar-refractivity contribution in [1.29, 1.82) is 0 Å². The largest absolute Gasteiger partial charge is 0.396 e. The number of benzene rings is 2. The van der Waals surface area contributed by atoms with Gasteiger partial charge in [0.05, 0.1) is 5.69 Å². The van der Waals surface area contributed by atoms with Gasteiger partial charge in [-0.1, -0.05) is 50.1 Å². The van der Waals surface area contributed by atoms with Crippen molar-refractivity contribution in [3.05, 3.63) is 42.0 Å². The van der Waals surface area contributed by atoms with E-state index in [0.717, 1.165) is 31.4 Å². The molecule has 0 bridgehead atoms. The topological polar surface area (TPSA) is 32.6 Å². The van der Waals surface area contributed by atoms with Gasteiger partial charge in [0.15, 0.2) is 0 Å². The van der Waals surface area contributed by atoms with Gasteiger partial charge in [-0.2, -0.15) is 0 Å². The molecule has 0 fully saturated rings. The van der Waals surface area contributed by atoms with E-state index in [0.29, 0.717) is 6.61 Å². The molecule has 2 aromatic rings. The van der Waals surface area contributed by atoms with Gasteiger partial charge in [0.2, 0.25) is 0 Å². The van der Waals surface area contributed by atoms with E-state index >= 15 is 0 Å². The normalized spacial score (nSPS) is 20.6. The molecule has 2 nitrogen and oxygen atoms in total. The number of hydrogen-bond donors (Lipinski definition) is 1. The maximum atomic E-state index is 8.95. The van der Waals surface area contributed by atoms with Crippen molar-refractivity contribution in [1.82, 2.24) is 0 Å². The lowest BCUT2D eigenvalue weighted by Crippen LogP contribution is -2.27. The number of aliphatic imine (C=N–C) groups is 1. The first-order valence-electron chi connectivity index (χ1n) is 7.86. The Hall–Kier alpha value is -1.67. The molecular formula is C19H23NO. The summed E-state index contributed by atoms with van der Waals surface area (Å²) in [5, 5.41) is 11.6. The molecule has 1 aliphatic rings. The smallest absolute Gasteiger partial charge is 0.0677 e. The van der Waals surface area contributed by atoms with E-state index in [4.69, 9.17) is 10.1 Å². The number of unbranched alkanes of at least 4 members (excludes halogenated alkanes) is 2. The van der Waals surface area contributed by atoms with Crippen molar-refractivity contribution in [2.75, 3.05) is 6.61 Å². The third-order valence-electron chi connectivity index (χ3n) is 4.88. The zero-order valence-electron chi connectivity index (χ0n) is 12.9. The minimum Gasteiger partial charge on any atom is -0.396 e. The fraction of sp³-hybridized carbons (Fsp3) is 0.421. The lowest BCUT2D eigenvalue weighted by Gasteiger charge is -2.27. The predicted octanol–water partition coefficient (Wildman–Crippen LogP) is 4.76. The van der Waals surface area contributed by atoms with Crippen molar-refractivity contribution in [2.45, 2.75) is 44.9 Å². The minimum atomic E-state index is 0.0334. The van der Waals surface area contributed by atoms with Crippen LogP contribution in [0.4, 0.5) is 5.69 Å². The van der Waals surface area contributed by atoms with Gasteiger partial charge in [-0.05, 0) is 42.2 Å². The molecule has 1 heterocycles. The molecule has 1 unspecified atom stereocenters. The summed E-state index contributed by atoms with van der Waals surface area (Å²) >= 11 is 0. The van der Waals surface area contributed by atoms with Crippen LogP contribution in [-0.4, -0.2) is 17.4 Å². The molecule has 1 atom stereocenters. The van der Waals surface area contributed by atoms with E-state index in [-0.39, 0.29) is 5.41 Å². The van der Waals surface area contributed by atoms with Crippen LogP contribution in [0, 0.1) is 0 Å². The highest BCUT2D eigenvalue weighted by Crippen LogP contribution is 2.46. The van der Waals surface area contributed by atoms with Crippen LogP contribution < -0.4 is 0 Å². The Labute approximate surface area is 126 Å². The summed E-state index contributed by atoms with van der Waals surface area (Å²) in [4.78, 5) is 4.82. The summed E-state index contributed by atoms with van der Waals surface area (Å²) in [6, 6.07) is 12.9. The molecule has 0 radical (unpaired) electrons. The van der Waals surface area contributed by atoms with Gasteiger partial charge in [0.25, 0.3) is 0 Å². The first-order chi connectivity index (χ1) is 10.2. The van der Waals surface area contributed by atoms with Crippen LogP contribution in [0.1, 0.15) is 45.1 Å². The standard InChI is InChI=1S/C19H23NO/c1-14-19(2,12-6-3-7-13-21)18-16-9-5-4-8-15(16)10-11-17(18)20-14/h4-5,8-11,21H,3,6-7,12-13H2,1-2H3. The number of fused-ring (bicyclic) bond motifs is 3. The Balaban J connectivity index is 2.01.